The largest absolute Gasteiger partial charge is 0.388 e. The van der Waals surface area contributed by atoms with Crippen LogP contribution in [0.5, 0.6) is 0 Å². The second kappa shape index (κ2) is 7.97. The van der Waals surface area contributed by atoms with Gasteiger partial charge in [-0.15, -0.1) is 0 Å². The van der Waals surface area contributed by atoms with E-state index in [2.05, 4.69) is 0 Å². The van der Waals surface area contributed by atoms with Crippen molar-refractivity contribution in [3.63, 3.8) is 0 Å². The molecule has 0 spiro atoms. The molecule has 0 aromatic rings. The summed E-state index contributed by atoms with van der Waals surface area (Å²) < 4.78 is 15.5. The number of rotatable bonds is 9. The minimum Gasteiger partial charge on any atom is -0.388 e. The Morgan fingerprint density at radius 2 is 1.81 bits per heavy atom. The van der Waals surface area contributed by atoms with Crippen molar-refractivity contribution in [3.05, 3.63) is 0 Å². The lowest BCUT2D eigenvalue weighted by Crippen LogP contribution is -2.53. The molecule has 16 heavy (non-hydrogen) atoms. The van der Waals surface area contributed by atoms with E-state index < -0.39 is 17.7 Å². The fourth-order valence-corrected chi connectivity index (χ4v) is 1.51. The summed E-state index contributed by atoms with van der Waals surface area (Å²) in [6.45, 7) is 7.41. The molecular weight excluding hydrogens is 210 g/mol. The molecule has 0 heterocycles. The van der Waals surface area contributed by atoms with E-state index in [1.54, 1.807) is 0 Å². The van der Waals surface area contributed by atoms with Gasteiger partial charge in [-0.25, -0.2) is 0 Å². The first-order valence-electron chi connectivity index (χ1n) is 5.58. The average molecular weight is 235 g/mol. The summed E-state index contributed by atoms with van der Waals surface area (Å²) >= 11 is 0. The number of nitrogens with two attached hydrogens (primary N) is 1. The second-order valence-electron chi connectivity index (χ2n) is 4.32. The van der Waals surface area contributed by atoms with Crippen molar-refractivity contribution in [3.8, 4) is 0 Å². The van der Waals surface area contributed by atoms with E-state index in [1.807, 2.05) is 20.8 Å². The van der Waals surface area contributed by atoms with Gasteiger partial charge in [0.1, 0.15) is 12.2 Å². The topological polar surface area (TPSA) is 73.9 Å². The van der Waals surface area contributed by atoms with E-state index in [4.69, 9.17) is 19.9 Å². The molecule has 0 aliphatic heterocycles. The summed E-state index contributed by atoms with van der Waals surface area (Å²) in [7, 11) is 1.53. The third-order valence-electron chi connectivity index (χ3n) is 2.20. The van der Waals surface area contributed by atoms with E-state index in [9.17, 15) is 5.11 Å². The maximum Gasteiger partial charge on any atom is 0.105 e. The van der Waals surface area contributed by atoms with Gasteiger partial charge < -0.3 is 25.1 Å². The number of aliphatic hydroxyl groups excluding tert-OH is 1. The van der Waals surface area contributed by atoms with Crippen LogP contribution in [0.2, 0.25) is 0 Å². The Morgan fingerprint density at radius 3 is 2.25 bits per heavy atom. The quantitative estimate of drug-likeness (QED) is 0.557. The zero-order chi connectivity index (χ0) is 12.6. The fraction of sp³-hybridized carbons (Fsp3) is 1.00. The van der Waals surface area contributed by atoms with E-state index in [1.165, 1.54) is 7.11 Å². The van der Waals surface area contributed by atoms with Gasteiger partial charge in [-0.1, -0.05) is 0 Å². The monoisotopic (exact) mass is 235 g/mol. The van der Waals surface area contributed by atoms with Crippen molar-refractivity contribution in [2.24, 2.45) is 5.73 Å². The van der Waals surface area contributed by atoms with Crippen molar-refractivity contribution >= 4 is 0 Å². The molecule has 0 aromatic carbocycles. The van der Waals surface area contributed by atoms with Gasteiger partial charge >= 0.3 is 0 Å². The molecule has 3 N–H and O–H groups in total. The molecule has 98 valence electrons. The van der Waals surface area contributed by atoms with Crippen molar-refractivity contribution < 1.29 is 19.3 Å². The number of methoxy groups -OCH3 is 1. The number of hydrogen-bond acceptors (Lipinski definition) is 5. The lowest BCUT2D eigenvalue weighted by Gasteiger charge is -2.32. The smallest absolute Gasteiger partial charge is 0.105 e. The van der Waals surface area contributed by atoms with Crippen molar-refractivity contribution in [2.75, 3.05) is 33.5 Å². The molecule has 0 saturated carbocycles. The van der Waals surface area contributed by atoms with Crippen LogP contribution in [-0.4, -0.2) is 56.4 Å². The van der Waals surface area contributed by atoms with Crippen LogP contribution in [-0.2, 0) is 14.2 Å². The Hall–Kier alpha value is -0.200. The third-order valence-corrected chi connectivity index (χ3v) is 2.20. The molecule has 5 nitrogen and oxygen atoms in total. The molecule has 0 amide bonds. The highest BCUT2D eigenvalue weighted by Crippen LogP contribution is 2.13. The maximum atomic E-state index is 9.83. The predicted octanol–water partition coefficient (Wildman–Crippen LogP) is 0.153. The number of ether oxygens (including phenoxy) is 3. The zero-order valence-corrected chi connectivity index (χ0v) is 10.7. The van der Waals surface area contributed by atoms with Crippen molar-refractivity contribution in [2.45, 2.75) is 38.5 Å². The summed E-state index contributed by atoms with van der Waals surface area (Å²) in [5.41, 5.74) is 5.28. The van der Waals surface area contributed by atoms with E-state index in [-0.39, 0.29) is 6.61 Å². The van der Waals surface area contributed by atoms with Crippen LogP contribution in [0.25, 0.3) is 0 Å². The van der Waals surface area contributed by atoms with Crippen LogP contribution >= 0.6 is 0 Å². The van der Waals surface area contributed by atoms with E-state index in [0.717, 1.165) is 0 Å². The summed E-state index contributed by atoms with van der Waals surface area (Å²) in [6, 6.07) is 0. The molecule has 0 bridgehead atoms. The fourth-order valence-electron chi connectivity index (χ4n) is 1.51. The normalized spacial score (nSPS) is 16.1. The number of aliphatic hydroxyl groups is 1. The van der Waals surface area contributed by atoms with Crippen LogP contribution in [0.4, 0.5) is 0 Å². The minimum absolute atomic E-state index is 0.201. The van der Waals surface area contributed by atoms with Gasteiger partial charge in [0.2, 0.25) is 0 Å². The summed E-state index contributed by atoms with van der Waals surface area (Å²) in [5, 5.41) is 9.83. The molecule has 0 fully saturated rings. The Balaban J connectivity index is 3.81. The van der Waals surface area contributed by atoms with Crippen molar-refractivity contribution in [1.29, 1.82) is 0 Å². The lowest BCUT2D eigenvalue weighted by molar-refractivity contribution is -0.0851. The second-order valence-corrected chi connectivity index (χ2v) is 4.32. The lowest BCUT2D eigenvalue weighted by atomic mass is 9.94. The number of hydrogen-bond donors (Lipinski definition) is 2. The maximum absolute atomic E-state index is 9.83. The summed E-state index contributed by atoms with van der Waals surface area (Å²) in [4.78, 5) is 0. The van der Waals surface area contributed by atoms with Gasteiger partial charge in [0.05, 0.1) is 19.8 Å². The minimum atomic E-state index is -0.730. The van der Waals surface area contributed by atoms with Crippen LogP contribution in [0, 0.1) is 0 Å². The first-order valence-corrected chi connectivity index (χ1v) is 5.58. The van der Waals surface area contributed by atoms with Gasteiger partial charge in [0.15, 0.2) is 0 Å². The summed E-state index contributed by atoms with van der Waals surface area (Å²) in [6.07, 6.45) is -1.17. The SMILES string of the molecule is CCOCCOCC(O)C(OC)C(C)(C)N. The summed E-state index contributed by atoms with van der Waals surface area (Å²) in [5.74, 6) is 0. The van der Waals surface area contributed by atoms with E-state index >= 15 is 0 Å². The first-order chi connectivity index (χ1) is 7.43. The Kier molecular flexibility index (Phi) is 7.87. The molecule has 0 aromatic heterocycles. The molecule has 0 aliphatic rings. The standard InChI is InChI=1S/C11H25NO4/c1-5-15-6-7-16-8-9(13)10(14-4)11(2,3)12/h9-10,13H,5-8,12H2,1-4H3. The van der Waals surface area contributed by atoms with Gasteiger partial charge in [-0.2, -0.15) is 0 Å². The van der Waals surface area contributed by atoms with Crippen LogP contribution in [0.15, 0.2) is 0 Å². The van der Waals surface area contributed by atoms with Crippen LogP contribution in [0.1, 0.15) is 20.8 Å². The molecule has 0 aliphatic carbocycles. The molecule has 2 atom stereocenters. The molecule has 0 saturated heterocycles. The van der Waals surface area contributed by atoms with Crippen LogP contribution < -0.4 is 5.73 Å². The van der Waals surface area contributed by atoms with Crippen LogP contribution in [0.3, 0.4) is 0 Å². The predicted molar refractivity (Wildman–Crippen MR) is 62.4 cm³/mol. The molecule has 2 unspecified atom stereocenters. The van der Waals surface area contributed by atoms with Gasteiger partial charge in [-0.3, -0.25) is 0 Å². The van der Waals surface area contributed by atoms with Gasteiger partial charge in [0, 0.05) is 19.3 Å². The highest BCUT2D eigenvalue weighted by Gasteiger charge is 2.31. The van der Waals surface area contributed by atoms with Gasteiger partial charge in [-0.05, 0) is 20.8 Å². The third kappa shape index (κ3) is 6.40. The highest BCUT2D eigenvalue weighted by molar-refractivity contribution is 4.88. The highest BCUT2D eigenvalue weighted by atomic mass is 16.5. The van der Waals surface area contributed by atoms with Crippen molar-refractivity contribution in [1.82, 2.24) is 0 Å². The Labute approximate surface area is 97.9 Å². The average Bonchev–Trinajstić information content (AvgIpc) is 2.16. The first kappa shape index (κ1) is 15.8. The van der Waals surface area contributed by atoms with Gasteiger partial charge in [0.25, 0.3) is 0 Å². The van der Waals surface area contributed by atoms with E-state index in [0.29, 0.717) is 19.8 Å². The molecule has 0 rings (SSSR count). The zero-order valence-electron chi connectivity index (χ0n) is 10.7. The molecule has 5 heteroatoms. The molecular formula is C11H25NO4. The Morgan fingerprint density at radius 1 is 1.25 bits per heavy atom. The Bertz CT molecular complexity index is 170. The molecule has 0 radical (unpaired) electrons.